The van der Waals surface area contributed by atoms with Gasteiger partial charge >= 0.3 is 0 Å². The summed E-state index contributed by atoms with van der Waals surface area (Å²) in [5.74, 6) is -0.632. The maximum atomic E-state index is 13.3. The first-order valence-corrected chi connectivity index (χ1v) is 9.31. The van der Waals surface area contributed by atoms with Crippen molar-refractivity contribution < 1.29 is 14.0 Å². The molecule has 9 heteroatoms. The number of nitrogens with zero attached hydrogens (tertiary/aromatic N) is 2. The fraction of sp³-hybridized carbons (Fsp3) is 0.333. The Hall–Kier alpha value is -2.35. The highest BCUT2D eigenvalue weighted by Gasteiger charge is 2.28. The van der Waals surface area contributed by atoms with Crippen molar-refractivity contribution >= 4 is 48.0 Å². The molecule has 1 aliphatic heterocycles. The molecule has 2 aromatic carbocycles. The Bertz CT molecular complexity index is 889. The van der Waals surface area contributed by atoms with Crippen molar-refractivity contribution in [2.45, 2.75) is 19.9 Å². The number of piperazine rings is 1. The minimum absolute atomic E-state index is 0. The van der Waals surface area contributed by atoms with Crippen molar-refractivity contribution in [3.63, 3.8) is 0 Å². The largest absolute Gasteiger partial charge is 0.399 e. The second-order valence-electron chi connectivity index (χ2n) is 7.08. The zero-order chi connectivity index (χ0) is 20.3. The Kier molecular flexibility index (Phi) is 9.55. The van der Waals surface area contributed by atoms with E-state index in [4.69, 9.17) is 5.73 Å². The number of anilines is 2. The molecular formula is C21H27Cl2FN4O2. The van der Waals surface area contributed by atoms with E-state index in [1.54, 1.807) is 29.2 Å². The lowest BCUT2D eigenvalue weighted by Gasteiger charge is -2.37. The third-order valence-corrected chi connectivity index (χ3v) is 5.11. The van der Waals surface area contributed by atoms with E-state index in [0.717, 1.165) is 5.56 Å². The van der Waals surface area contributed by atoms with Crippen LogP contribution in [0.4, 0.5) is 15.8 Å². The molecule has 1 aliphatic rings. The third-order valence-electron chi connectivity index (χ3n) is 5.11. The molecule has 1 fully saturated rings. The summed E-state index contributed by atoms with van der Waals surface area (Å²) < 4.78 is 13.3. The lowest BCUT2D eigenvalue weighted by atomic mass is 10.1. The summed E-state index contributed by atoms with van der Waals surface area (Å²) in [4.78, 5) is 29.1. The van der Waals surface area contributed by atoms with Gasteiger partial charge in [0, 0.05) is 43.1 Å². The summed E-state index contributed by atoms with van der Waals surface area (Å²) in [6, 6.07) is 10.8. The molecule has 0 spiro atoms. The summed E-state index contributed by atoms with van der Waals surface area (Å²) in [6.07, 6.45) is 0. The van der Waals surface area contributed by atoms with Gasteiger partial charge in [0.15, 0.2) is 0 Å². The van der Waals surface area contributed by atoms with Crippen LogP contribution in [0.15, 0.2) is 42.5 Å². The molecule has 164 valence electrons. The monoisotopic (exact) mass is 456 g/mol. The highest BCUT2D eigenvalue weighted by molar-refractivity contribution is 5.97. The zero-order valence-electron chi connectivity index (χ0n) is 16.9. The van der Waals surface area contributed by atoms with Gasteiger partial charge in [-0.3, -0.25) is 14.5 Å². The van der Waals surface area contributed by atoms with Gasteiger partial charge in [-0.25, -0.2) is 4.39 Å². The van der Waals surface area contributed by atoms with Crippen molar-refractivity contribution in [3.05, 3.63) is 59.4 Å². The molecule has 1 heterocycles. The van der Waals surface area contributed by atoms with E-state index in [1.807, 2.05) is 24.8 Å². The molecule has 30 heavy (non-hydrogen) atoms. The molecule has 1 atom stereocenters. The molecule has 2 aromatic rings. The number of nitrogen functional groups attached to an aromatic ring is 1. The van der Waals surface area contributed by atoms with Crippen LogP contribution in [0.2, 0.25) is 0 Å². The smallest absolute Gasteiger partial charge is 0.254 e. The summed E-state index contributed by atoms with van der Waals surface area (Å²) in [6.45, 7) is 5.95. The number of aryl methyl sites for hydroxylation is 1. The van der Waals surface area contributed by atoms with Crippen LogP contribution in [0.25, 0.3) is 0 Å². The van der Waals surface area contributed by atoms with Crippen LogP contribution in [0.5, 0.6) is 0 Å². The number of benzene rings is 2. The Balaban J connectivity index is 0.00000225. The van der Waals surface area contributed by atoms with Crippen molar-refractivity contribution in [2.24, 2.45) is 0 Å². The summed E-state index contributed by atoms with van der Waals surface area (Å²) >= 11 is 0. The highest BCUT2D eigenvalue weighted by Crippen LogP contribution is 2.17. The van der Waals surface area contributed by atoms with Crippen molar-refractivity contribution in [1.82, 2.24) is 9.80 Å². The van der Waals surface area contributed by atoms with Gasteiger partial charge in [0.05, 0.1) is 6.04 Å². The maximum absolute atomic E-state index is 13.3. The molecule has 3 N–H and O–H groups in total. The van der Waals surface area contributed by atoms with E-state index in [9.17, 15) is 14.0 Å². The Labute approximate surface area is 188 Å². The van der Waals surface area contributed by atoms with Crippen LogP contribution in [-0.4, -0.2) is 53.8 Å². The van der Waals surface area contributed by atoms with Crippen molar-refractivity contribution in [1.29, 1.82) is 0 Å². The number of nitrogens with one attached hydrogen (secondary N) is 1. The van der Waals surface area contributed by atoms with Crippen LogP contribution >= 0.6 is 24.8 Å². The summed E-state index contributed by atoms with van der Waals surface area (Å²) in [5, 5.41) is 2.74. The lowest BCUT2D eigenvalue weighted by Crippen LogP contribution is -2.54. The first kappa shape index (κ1) is 25.7. The Morgan fingerprint density at radius 3 is 2.37 bits per heavy atom. The fourth-order valence-electron chi connectivity index (χ4n) is 3.33. The second kappa shape index (κ2) is 11.2. The minimum Gasteiger partial charge on any atom is -0.399 e. The molecule has 2 amide bonds. The van der Waals surface area contributed by atoms with Gasteiger partial charge < -0.3 is 16.0 Å². The molecule has 0 radical (unpaired) electrons. The topological polar surface area (TPSA) is 78.7 Å². The third kappa shape index (κ3) is 6.08. The molecule has 0 saturated carbocycles. The first-order chi connectivity index (χ1) is 13.3. The molecule has 0 aliphatic carbocycles. The molecular weight excluding hydrogens is 430 g/mol. The van der Waals surface area contributed by atoms with Gasteiger partial charge in [0.25, 0.3) is 5.91 Å². The van der Waals surface area contributed by atoms with E-state index in [2.05, 4.69) is 5.32 Å². The van der Waals surface area contributed by atoms with E-state index < -0.39 is 5.82 Å². The number of hydrogen-bond acceptors (Lipinski definition) is 4. The molecule has 6 nitrogen and oxygen atoms in total. The van der Waals surface area contributed by atoms with Gasteiger partial charge in [-0.1, -0.05) is 12.1 Å². The maximum Gasteiger partial charge on any atom is 0.254 e. The second-order valence-corrected chi connectivity index (χ2v) is 7.08. The van der Waals surface area contributed by atoms with Crippen LogP contribution in [0, 0.1) is 12.7 Å². The van der Waals surface area contributed by atoms with E-state index in [1.165, 1.54) is 12.1 Å². The van der Waals surface area contributed by atoms with Crippen molar-refractivity contribution in [3.8, 4) is 0 Å². The van der Waals surface area contributed by atoms with Gasteiger partial charge in [0.2, 0.25) is 5.91 Å². The SMILES string of the molecule is Cc1ccc(N)cc1C(=O)N1CCN(C(C)C(=O)Nc2cccc(F)c2)CC1.Cl.Cl. The number of hydrogen-bond donors (Lipinski definition) is 2. The Morgan fingerprint density at radius 2 is 1.73 bits per heavy atom. The summed E-state index contributed by atoms with van der Waals surface area (Å²) in [7, 11) is 0. The predicted octanol–water partition coefficient (Wildman–Crippen LogP) is 3.34. The minimum atomic E-state index is -0.394. The zero-order valence-corrected chi connectivity index (χ0v) is 18.6. The van der Waals surface area contributed by atoms with E-state index in [0.29, 0.717) is 43.1 Å². The van der Waals surface area contributed by atoms with Crippen LogP contribution in [0.1, 0.15) is 22.8 Å². The number of carbonyl (C=O) groups is 2. The van der Waals surface area contributed by atoms with E-state index >= 15 is 0 Å². The standard InChI is InChI=1S/C21H25FN4O2.2ClH/c1-14-6-7-17(23)13-19(14)21(28)26-10-8-25(9-11-26)15(2)20(27)24-18-5-3-4-16(22)12-18;;/h3-7,12-13,15H,8-11,23H2,1-2H3,(H,24,27);2*1H. The van der Waals surface area contributed by atoms with Gasteiger partial charge in [0.1, 0.15) is 5.82 Å². The molecule has 0 bridgehead atoms. The highest BCUT2D eigenvalue weighted by atomic mass is 35.5. The van der Waals surface area contributed by atoms with Gasteiger partial charge in [-0.05, 0) is 49.7 Å². The number of rotatable bonds is 4. The Morgan fingerprint density at radius 1 is 1.07 bits per heavy atom. The molecule has 1 saturated heterocycles. The quantitative estimate of drug-likeness (QED) is 0.691. The van der Waals surface area contributed by atoms with Crippen LogP contribution in [0.3, 0.4) is 0 Å². The van der Waals surface area contributed by atoms with Crippen LogP contribution in [-0.2, 0) is 4.79 Å². The van der Waals surface area contributed by atoms with Crippen LogP contribution < -0.4 is 11.1 Å². The van der Waals surface area contributed by atoms with Gasteiger partial charge in [-0.2, -0.15) is 0 Å². The average molecular weight is 457 g/mol. The molecule has 3 rings (SSSR count). The van der Waals surface area contributed by atoms with E-state index in [-0.39, 0.29) is 42.7 Å². The normalized spacial score (nSPS) is 14.8. The molecule has 0 aromatic heterocycles. The number of halogens is 3. The number of amides is 2. The molecule has 1 unspecified atom stereocenters. The van der Waals surface area contributed by atoms with Crippen molar-refractivity contribution in [2.75, 3.05) is 37.2 Å². The number of carbonyl (C=O) groups excluding carboxylic acids is 2. The summed E-state index contributed by atoms with van der Waals surface area (Å²) in [5.41, 5.74) is 8.32. The van der Waals surface area contributed by atoms with Gasteiger partial charge in [-0.15, -0.1) is 24.8 Å². The lowest BCUT2D eigenvalue weighted by molar-refractivity contribution is -0.121. The fourth-order valence-corrected chi connectivity index (χ4v) is 3.33. The average Bonchev–Trinajstić information content (AvgIpc) is 2.69. The first-order valence-electron chi connectivity index (χ1n) is 9.31. The number of nitrogens with two attached hydrogens (primary N) is 1. The predicted molar refractivity (Wildman–Crippen MR) is 122 cm³/mol.